The number of carbonyl (C=O) groups excluding carboxylic acids is 1. The highest BCUT2D eigenvalue weighted by Crippen LogP contribution is 2.24. The number of ether oxygens (including phenoxy) is 1. The molecule has 0 bridgehead atoms. The molecule has 0 fully saturated rings. The topological polar surface area (TPSA) is 52.3 Å². The van der Waals surface area contributed by atoms with Crippen molar-refractivity contribution in [2.24, 2.45) is 0 Å². The minimum Gasteiger partial charge on any atom is -0.465 e. The quantitative estimate of drug-likeness (QED) is 0.628. The fraction of sp³-hybridized carbons (Fsp3) is 0.462. The third kappa shape index (κ3) is 2.35. The van der Waals surface area contributed by atoms with E-state index in [-0.39, 0.29) is 5.97 Å². The molecule has 2 N–H and O–H groups in total. The van der Waals surface area contributed by atoms with Crippen LogP contribution in [0.15, 0.2) is 12.1 Å². The molecule has 0 aliphatic carbocycles. The van der Waals surface area contributed by atoms with Gasteiger partial charge in [-0.15, -0.1) is 0 Å². The number of methoxy groups -OCH3 is 1. The molecule has 0 aliphatic rings. The summed E-state index contributed by atoms with van der Waals surface area (Å²) in [4.78, 5) is 11.5. The van der Waals surface area contributed by atoms with Crippen LogP contribution in [0.25, 0.3) is 0 Å². The lowest BCUT2D eigenvalue weighted by atomic mass is 9.96. The molecule has 0 saturated heterocycles. The molecule has 3 heteroatoms. The average molecular weight is 221 g/mol. The van der Waals surface area contributed by atoms with Gasteiger partial charge in [-0.3, -0.25) is 0 Å². The normalized spacial score (nSPS) is 10.2. The van der Waals surface area contributed by atoms with Crippen molar-refractivity contribution in [1.29, 1.82) is 0 Å². The Morgan fingerprint density at radius 1 is 1.38 bits per heavy atom. The average Bonchev–Trinajstić information content (AvgIpc) is 2.31. The molecule has 16 heavy (non-hydrogen) atoms. The number of esters is 1. The fourth-order valence-corrected chi connectivity index (χ4v) is 1.87. The van der Waals surface area contributed by atoms with Crippen molar-refractivity contribution in [3.05, 3.63) is 28.8 Å². The fourth-order valence-electron chi connectivity index (χ4n) is 1.87. The Balaban J connectivity index is 3.25. The van der Waals surface area contributed by atoms with Crippen LogP contribution in [0.1, 0.15) is 41.8 Å². The van der Waals surface area contributed by atoms with Gasteiger partial charge in [0.15, 0.2) is 0 Å². The van der Waals surface area contributed by atoms with E-state index in [9.17, 15) is 4.79 Å². The predicted octanol–water partition coefficient (Wildman–Crippen LogP) is 2.57. The molecular weight excluding hydrogens is 202 g/mol. The summed E-state index contributed by atoms with van der Waals surface area (Å²) >= 11 is 0. The minimum absolute atomic E-state index is 0.363. The molecule has 1 rings (SSSR count). The monoisotopic (exact) mass is 221 g/mol. The molecule has 0 heterocycles. The summed E-state index contributed by atoms with van der Waals surface area (Å²) in [6.07, 6.45) is 2.85. The van der Waals surface area contributed by atoms with Crippen molar-refractivity contribution in [1.82, 2.24) is 0 Å². The third-order valence-electron chi connectivity index (χ3n) is 2.74. The van der Waals surface area contributed by atoms with Gasteiger partial charge in [-0.25, -0.2) is 4.79 Å². The molecule has 0 amide bonds. The van der Waals surface area contributed by atoms with Gasteiger partial charge in [0.05, 0.1) is 12.7 Å². The Kier molecular flexibility index (Phi) is 4.35. The first-order valence-corrected chi connectivity index (χ1v) is 5.64. The highest BCUT2D eigenvalue weighted by molar-refractivity contribution is 5.96. The van der Waals surface area contributed by atoms with Gasteiger partial charge in [-0.05, 0) is 30.0 Å². The van der Waals surface area contributed by atoms with E-state index in [1.54, 1.807) is 6.07 Å². The van der Waals surface area contributed by atoms with Gasteiger partial charge < -0.3 is 10.5 Å². The van der Waals surface area contributed by atoms with E-state index in [0.29, 0.717) is 11.3 Å². The van der Waals surface area contributed by atoms with E-state index >= 15 is 0 Å². The van der Waals surface area contributed by atoms with Crippen LogP contribution < -0.4 is 5.73 Å². The van der Waals surface area contributed by atoms with Gasteiger partial charge in [0.1, 0.15) is 0 Å². The van der Waals surface area contributed by atoms with Crippen LogP contribution in [0, 0.1) is 0 Å². The second-order valence-electron chi connectivity index (χ2n) is 3.76. The van der Waals surface area contributed by atoms with Gasteiger partial charge in [0.2, 0.25) is 0 Å². The lowest BCUT2D eigenvalue weighted by Gasteiger charge is -2.13. The summed E-state index contributed by atoms with van der Waals surface area (Å²) < 4.78 is 4.70. The van der Waals surface area contributed by atoms with E-state index in [0.717, 1.165) is 24.8 Å². The Bertz CT molecular complexity index is 386. The van der Waals surface area contributed by atoms with Crippen LogP contribution >= 0.6 is 0 Å². The van der Waals surface area contributed by atoms with Crippen LogP contribution in [0.4, 0.5) is 5.69 Å². The first kappa shape index (κ1) is 12.6. The van der Waals surface area contributed by atoms with E-state index < -0.39 is 0 Å². The summed E-state index contributed by atoms with van der Waals surface area (Å²) in [5.74, 6) is -0.363. The maximum atomic E-state index is 11.5. The van der Waals surface area contributed by atoms with Crippen LogP contribution in [-0.2, 0) is 17.6 Å². The van der Waals surface area contributed by atoms with Crippen molar-refractivity contribution in [2.45, 2.75) is 33.1 Å². The standard InChI is InChI=1S/C13H19NO2/c1-4-6-10-9(5-2)7-8-11(12(10)14)13(15)16-3/h7-8H,4-6,14H2,1-3H3. The molecule has 88 valence electrons. The Morgan fingerprint density at radius 2 is 2.06 bits per heavy atom. The largest absolute Gasteiger partial charge is 0.465 e. The summed E-state index contributed by atoms with van der Waals surface area (Å²) in [6, 6.07) is 3.72. The lowest BCUT2D eigenvalue weighted by molar-refractivity contribution is 0.0602. The van der Waals surface area contributed by atoms with Crippen LogP contribution in [-0.4, -0.2) is 13.1 Å². The first-order chi connectivity index (χ1) is 7.65. The molecule has 0 unspecified atom stereocenters. The SMILES string of the molecule is CCCc1c(CC)ccc(C(=O)OC)c1N. The molecule has 1 aromatic carbocycles. The molecule has 1 aromatic rings. The number of hydrogen-bond acceptors (Lipinski definition) is 3. The number of hydrogen-bond donors (Lipinski definition) is 1. The van der Waals surface area contributed by atoms with Gasteiger partial charge >= 0.3 is 5.97 Å². The Labute approximate surface area is 96.6 Å². The Morgan fingerprint density at radius 3 is 2.56 bits per heavy atom. The number of aryl methyl sites for hydroxylation is 1. The van der Waals surface area contributed by atoms with Crippen molar-refractivity contribution < 1.29 is 9.53 Å². The molecule has 0 aromatic heterocycles. The second-order valence-corrected chi connectivity index (χ2v) is 3.76. The molecule has 0 atom stereocenters. The first-order valence-electron chi connectivity index (χ1n) is 5.64. The van der Waals surface area contributed by atoms with Crippen LogP contribution in [0.5, 0.6) is 0 Å². The number of anilines is 1. The second kappa shape index (κ2) is 5.54. The van der Waals surface area contributed by atoms with Crippen LogP contribution in [0.2, 0.25) is 0 Å². The highest BCUT2D eigenvalue weighted by atomic mass is 16.5. The molecule has 0 saturated carbocycles. The number of benzene rings is 1. The summed E-state index contributed by atoms with van der Waals surface area (Å²) in [5, 5.41) is 0. The van der Waals surface area contributed by atoms with E-state index in [1.165, 1.54) is 12.7 Å². The van der Waals surface area contributed by atoms with E-state index in [1.807, 2.05) is 6.07 Å². The highest BCUT2D eigenvalue weighted by Gasteiger charge is 2.14. The molecular formula is C13H19NO2. The molecule has 3 nitrogen and oxygen atoms in total. The maximum absolute atomic E-state index is 11.5. The van der Waals surface area contributed by atoms with E-state index in [4.69, 9.17) is 10.5 Å². The smallest absolute Gasteiger partial charge is 0.339 e. The number of carbonyl (C=O) groups is 1. The zero-order valence-electron chi connectivity index (χ0n) is 10.2. The van der Waals surface area contributed by atoms with Crippen molar-refractivity contribution in [3.8, 4) is 0 Å². The summed E-state index contributed by atoms with van der Waals surface area (Å²) in [5.41, 5.74) is 9.38. The van der Waals surface area contributed by atoms with Gasteiger partial charge in [-0.1, -0.05) is 26.3 Å². The molecule has 0 radical (unpaired) electrons. The summed E-state index contributed by atoms with van der Waals surface area (Å²) in [6.45, 7) is 4.19. The predicted molar refractivity (Wildman–Crippen MR) is 65.6 cm³/mol. The Hall–Kier alpha value is -1.51. The number of nitrogen functional groups attached to an aromatic ring is 1. The maximum Gasteiger partial charge on any atom is 0.339 e. The summed E-state index contributed by atoms with van der Waals surface area (Å²) in [7, 11) is 1.37. The zero-order valence-corrected chi connectivity index (χ0v) is 10.2. The molecule has 0 spiro atoms. The van der Waals surface area contributed by atoms with Gasteiger partial charge in [0.25, 0.3) is 0 Å². The van der Waals surface area contributed by atoms with E-state index in [2.05, 4.69) is 13.8 Å². The third-order valence-corrected chi connectivity index (χ3v) is 2.74. The lowest BCUT2D eigenvalue weighted by Crippen LogP contribution is -2.09. The van der Waals surface area contributed by atoms with Crippen molar-refractivity contribution in [2.75, 3.05) is 12.8 Å². The number of rotatable bonds is 4. The number of nitrogens with two attached hydrogens (primary N) is 1. The van der Waals surface area contributed by atoms with Crippen molar-refractivity contribution >= 4 is 11.7 Å². The van der Waals surface area contributed by atoms with Crippen LogP contribution in [0.3, 0.4) is 0 Å². The molecule has 0 aliphatic heterocycles. The minimum atomic E-state index is -0.363. The van der Waals surface area contributed by atoms with Gasteiger partial charge in [0, 0.05) is 5.69 Å². The van der Waals surface area contributed by atoms with Gasteiger partial charge in [-0.2, -0.15) is 0 Å². The zero-order chi connectivity index (χ0) is 12.1. The van der Waals surface area contributed by atoms with Crippen molar-refractivity contribution in [3.63, 3.8) is 0 Å².